The molecule has 6 nitrogen and oxygen atoms in total. The van der Waals surface area contributed by atoms with Gasteiger partial charge in [-0.05, 0) is 47.0 Å². The topological polar surface area (TPSA) is 85.6 Å². The molecule has 33 heavy (non-hydrogen) atoms. The number of Topliss-reactive ketones (excluding diaryl/α,β-unsaturated/α-hetero) is 1. The summed E-state index contributed by atoms with van der Waals surface area (Å²) in [4.78, 5) is 25.2. The number of aromatic carboxylic acids is 1. The summed E-state index contributed by atoms with van der Waals surface area (Å²) in [5, 5.41) is 12.2. The first-order valence-corrected chi connectivity index (χ1v) is 12.9. The van der Waals surface area contributed by atoms with Crippen LogP contribution in [0.3, 0.4) is 0 Å². The molecule has 0 aliphatic heterocycles. The third-order valence-electron chi connectivity index (χ3n) is 5.91. The van der Waals surface area contributed by atoms with Gasteiger partial charge in [0.25, 0.3) is 0 Å². The molecular formula is C26H26NO5P. The number of hydrogen-bond acceptors (Lipinski definition) is 4. The predicted molar refractivity (Wildman–Crippen MR) is 130 cm³/mol. The standard InChI is InChI=1S/C26H26NO5P/c1-4-32-33(3,31)25(22-16-27(2)23-12-11-20(26(29)30)15-21(22)23)24(28)14-17-9-10-18-7-5-6-8-19(18)13-17/h5-13,15-16,25H,4,14H2,1-3H3,(H,29,30). The molecule has 4 aromatic rings. The lowest BCUT2D eigenvalue weighted by Gasteiger charge is -2.23. The van der Waals surface area contributed by atoms with Crippen LogP contribution in [-0.4, -0.2) is 34.7 Å². The van der Waals surface area contributed by atoms with Gasteiger partial charge in [0.05, 0.1) is 12.2 Å². The molecule has 0 fully saturated rings. The van der Waals surface area contributed by atoms with Crippen LogP contribution < -0.4 is 0 Å². The van der Waals surface area contributed by atoms with Crippen LogP contribution >= 0.6 is 7.37 Å². The maximum Gasteiger partial charge on any atom is 0.335 e. The van der Waals surface area contributed by atoms with Crippen LogP contribution in [0.5, 0.6) is 0 Å². The number of carboxylic acid groups (broad SMARTS) is 1. The highest BCUT2D eigenvalue weighted by molar-refractivity contribution is 7.59. The fourth-order valence-corrected chi connectivity index (χ4v) is 6.43. The Hall–Kier alpha value is -3.21. The molecule has 0 radical (unpaired) electrons. The maximum atomic E-state index is 13.7. The average Bonchev–Trinajstić information content (AvgIpc) is 3.08. The Labute approximate surface area is 192 Å². The summed E-state index contributed by atoms with van der Waals surface area (Å²) < 4.78 is 21.1. The van der Waals surface area contributed by atoms with Gasteiger partial charge in [0, 0.05) is 37.2 Å². The van der Waals surface area contributed by atoms with E-state index < -0.39 is 19.0 Å². The van der Waals surface area contributed by atoms with Crippen LogP contribution in [-0.2, 0) is 27.4 Å². The molecule has 0 saturated heterocycles. The fraction of sp³-hybridized carbons (Fsp3) is 0.231. The summed E-state index contributed by atoms with van der Waals surface area (Å²) in [6.07, 6.45) is 1.85. The van der Waals surface area contributed by atoms with Gasteiger partial charge in [-0.3, -0.25) is 9.36 Å². The highest BCUT2D eigenvalue weighted by atomic mass is 31.2. The number of rotatable bonds is 8. The van der Waals surface area contributed by atoms with Crippen molar-refractivity contribution in [2.75, 3.05) is 13.3 Å². The van der Waals surface area contributed by atoms with Gasteiger partial charge >= 0.3 is 5.97 Å². The number of ketones is 1. The van der Waals surface area contributed by atoms with Gasteiger partial charge in [-0.15, -0.1) is 0 Å². The highest BCUT2D eigenvalue weighted by Crippen LogP contribution is 2.59. The van der Waals surface area contributed by atoms with Crippen molar-refractivity contribution in [2.45, 2.75) is 19.0 Å². The number of aryl methyl sites for hydroxylation is 1. The van der Waals surface area contributed by atoms with E-state index in [2.05, 4.69) is 0 Å². The molecule has 0 aliphatic carbocycles. The number of carboxylic acids is 1. The molecule has 2 atom stereocenters. The third kappa shape index (κ3) is 4.50. The Kier molecular flexibility index (Phi) is 6.24. The molecule has 2 unspecified atom stereocenters. The van der Waals surface area contributed by atoms with Crippen molar-refractivity contribution in [3.63, 3.8) is 0 Å². The number of nitrogens with zero attached hydrogens (tertiary/aromatic N) is 1. The average molecular weight is 463 g/mol. The van der Waals surface area contributed by atoms with Crippen molar-refractivity contribution < 1.29 is 23.8 Å². The van der Waals surface area contributed by atoms with E-state index in [1.54, 1.807) is 19.2 Å². The van der Waals surface area contributed by atoms with E-state index in [1.807, 2.05) is 54.1 Å². The van der Waals surface area contributed by atoms with E-state index in [0.717, 1.165) is 21.9 Å². The van der Waals surface area contributed by atoms with E-state index >= 15 is 0 Å². The smallest absolute Gasteiger partial charge is 0.335 e. The Morgan fingerprint density at radius 2 is 1.79 bits per heavy atom. The molecule has 0 amide bonds. The number of carbonyl (C=O) groups is 2. The minimum Gasteiger partial charge on any atom is -0.478 e. The number of benzene rings is 3. The van der Waals surface area contributed by atoms with Gasteiger partial charge < -0.3 is 14.2 Å². The second-order valence-corrected chi connectivity index (χ2v) is 10.9. The number of aromatic nitrogens is 1. The van der Waals surface area contributed by atoms with E-state index in [0.29, 0.717) is 10.9 Å². The van der Waals surface area contributed by atoms with E-state index in [-0.39, 0.29) is 24.4 Å². The van der Waals surface area contributed by atoms with E-state index in [1.165, 1.54) is 18.8 Å². The molecule has 1 aromatic heterocycles. The van der Waals surface area contributed by atoms with E-state index in [4.69, 9.17) is 4.52 Å². The second kappa shape index (κ2) is 8.97. The van der Waals surface area contributed by atoms with Crippen molar-refractivity contribution in [3.05, 3.63) is 83.6 Å². The van der Waals surface area contributed by atoms with Gasteiger partial charge in [-0.25, -0.2) is 4.79 Å². The Bertz CT molecular complexity index is 1420. The molecule has 1 N–H and O–H groups in total. The van der Waals surface area contributed by atoms with Crippen molar-refractivity contribution in [2.24, 2.45) is 7.05 Å². The summed E-state index contributed by atoms with van der Waals surface area (Å²) in [7, 11) is -1.59. The zero-order valence-electron chi connectivity index (χ0n) is 18.8. The molecular weight excluding hydrogens is 437 g/mol. The number of fused-ring (bicyclic) bond motifs is 2. The molecule has 0 spiro atoms. The van der Waals surface area contributed by atoms with Crippen molar-refractivity contribution >= 4 is 40.8 Å². The summed E-state index contributed by atoms with van der Waals surface area (Å²) in [5.41, 5.74) is 1.22. The Morgan fingerprint density at radius 1 is 1.06 bits per heavy atom. The minimum absolute atomic E-state index is 0.0927. The molecule has 0 aliphatic rings. The first kappa shape index (κ1) is 23.0. The summed E-state index contributed by atoms with van der Waals surface area (Å²) in [6.45, 7) is 3.44. The number of carbonyl (C=O) groups excluding carboxylic acids is 1. The van der Waals surface area contributed by atoms with E-state index in [9.17, 15) is 19.3 Å². The molecule has 7 heteroatoms. The predicted octanol–water partition coefficient (Wildman–Crippen LogP) is 5.83. The van der Waals surface area contributed by atoms with Crippen LogP contribution in [0.1, 0.15) is 34.1 Å². The first-order chi connectivity index (χ1) is 15.7. The van der Waals surface area contributed by atoms with Crippen molar-refractivity contribution in [1.29, 1.82) is 0 Å². The van der Waals surface area contributed by atoms with Gasteiger partial charge in [0.1, 0.15) is 5.66 Å². The lowest BCUT2D eigenvalue weighted by atomic mass is 9.99. The SMILES string of the molecule is CCOP(C)(=O)C(C(=O)Cc1ccc2ccccc2c1)c1cn(C)c2ccc(C(=O)O)cc12. The Morgan fingerprint density at radius 3 is 2.48 bits per heavy atom. The summed E-state index contributed by atoms with van der Waals surface area (Å²) in [6, 6.07) is 18.5. The van der Waals surface area contributed by atoms with Gasteiger partial charge in [0.2, 0.25) is 7.37 Å². The molecule has 3 aromatic carbocycles. The third-order valence-corrected chi connectivity index (χ3v) is 8.19. The second-order valence-electron chi connectivity index (χ2n) is 8.29. The van der Waals surface area contributed by atoms with Crippen LogP contribution in [0.4, 0.5) is 0 Å². The highest BCUT2D eigenvalue weighted by Gasteiger charge is 2.38. The normalized spacial score (nSPS) is 14.3. The maximum absolute atomic E-state index is 13.7. The summed E-state index contributed by atoms with van der Waals surface area (Å²) in [5.74, 6) is -1.28. The lowest BCUT2D eigenvalue weighted by Crippen LogP contribution is -2.17. The van der Waals surface area contributed by atoms with Gasteiger partial charge in [-0.1, -0.05) is 42.5 Å². The largest absolute Gasteiger partial charge is 0.478 e. The Balaban J connectivity index is 1.81. The first-order valence-electron chi connectivity index (χ1n) is 10.8. The monoisotopic (exact) mass is 463 g/mol. The number of hydrogen-bond donors (Lipinski definition) is 1. The summed E-state index contributed by atoms with van der Waals surface area (Å²) >= 11 is 0. The molecule has 0 saturated carbocycles. The molecule has 170 valence electrons. The fourth-order valence-electron chi connectivity index (χ4n) is 4.44. The quantitative estimate of drug-likeness (QED) is 0.333. The molecule has 1 heterocycles. The van der Waals surface area contributed by atoms with Crippen molar-refractivity contribution in [3.8, 4) is 0 Å². The van der Waals surface area contributed by atoms with Crippen molar-refractivity contribution in [1.82, 2.24) is 4.57 Å². The minimum atomic E-state index is -3.41. The molecule has 4 rings (SSSR count). The van der Waals surface area contributed by atoms with Gasteiger partial charge in [-0.2, -0.15) is 0 Å². The van der Waals surface area contributed by atoms with Crippen LogP contribution in [0.25, 0.3) is 21.7 Å². The van der Waals surface area contributed by atoms with Crippen LogP contribution in [0, 0.1) is 0 Å². The molecule has 0 bridgehead atoms. The lowest BCUT2D eigenvalue weighted by molar-refractivity contribution is -0.118. The van der Waals surface area contributed by atoms with Gasteiger partial charge in [0.15, 0.2) is 5.78 Å². The zero-order chi connectivity index (χ0) is 23.8. The van der Waals surface area contributed by atoms with Crippen LogP contribution in [0.2, 0.25) is 0 Å². The zero-order valence-corrected chi connectivity index (χ0v) is 19.7. The van der Waals surface area contributed by atoms with Crippen LogP contribution in [0.15, 0.2) is 66.9 Å².